The van der Waals surface area contributed by atoms with Crippen molar-refractivity contribution < 1.29 is 44.0 Å². The zero-order valence-corrected chi connectivity index (χ0v) is 18.1. The van der Waals surface area contributed by atoms with Gasteiger partial charge < -0.3 is 24.8 Å². The van der Waals surface area contributed by atoms with Gasteiger partial charge in [0.1, 0.15) is 0 Å². The van der Waals surface area contributed by atoms with Crippen molar-refractivity contribution in [3.63, 3.8) is 0 Å². The van der Waals surface area contributed by atoms with Gasteiger partial charge in [0.15, 0.2) is 0 Å². The zero-order valence-electron chi connectivity index (χ0n) is 18.1. The van der Waals surface area contributed by atoms with Crippen LogP contribution in [0.5, 0.6) is 0 Å². The highest BCUT2D eigenvalue weighted by molar-refractivity contribution is 5.92. The zero-order chi connectivity index (χ0) is 23.0. The molecular formula is C21H36O9. The Bertz CT molecular complexity index is 547. The number of aliphatic hydroxyl groups is 1. The molecular weight excluding hydrogens is 396 g/mol. The summed E-state index contributed by atoms with van der Waals surface area (Å²) in [4.78, 5) is 46.1. The first-order valence-corrected chi connectivity index (χ1v) is 10.6. The highest BCUT2D eigenvalue weighted by Crippen LogP contribution is 2.22. The van der Waals surface area contributed by atoms with Gasteiger partial charge in [-0.15, -0.1) is 0 Å². The van der Waals surface area contributed by atoms with E-state index in [1.54, 1.807) is 0 Å². The summed E-state index contributed by atoms with van der Waals surface area (Å²) in [5, 5.41) is 28.2. The molecule has 0 aromatic heterocycles. The molecule has 30 heavy (non-hydrogen) atoms. The average Bonchev–Trinajstić information content (AvgIpc) is 2.68. The fraction of sp³-hybridized carbons (Fsp3) is 0.810. The summed E-state index contributed by atoms with van der Waals surface area (Å²) in [7, 11) is 0.913. The van der Waals surface area contributed by atoms with E-state index in [4.69, 9.17) is 9.84 Å². The van der Waals surface area contributed by atoms with Crippen LogP contribution >= 0.6 is 0 Å². The topological polar surface area (TPSA) is 147 Å². The van der Waals surface area contributed by atoms with Gasteiger partial charge in [-0.2, -0.15) is 0 Å². The average molecular weight is 433 g/mol. The number of methoxy groups -OCH3 is 1. The van der Waals surface area contributed by atoms with Crippen molar-refractivity contribution >= 4 is 23.9 Å². The number of hydrogen-bond acceptors (Lipinski definition) is 7. The Hall–Kier alpha value is -2.16. The number of hydrogen-bond donors (Lipinski definition) is 3. The summed E-state index contributed by atoms with van der Waals surface area (Å²) in [6.45, 7) is 2.19. The second-order valence-electron chi connectivity index (χ2n) is 7.48. The molecule has 0 spiro atoms. The highest BCUT2D eigenvalue weighted by atomic mass is 16.6. The van der Waals surface area contributed by atoms with Crippen LogP contribution in [0.3, 0.4) is 0 Å². The lowest BCUT2D eigenvalue weighted by molar-refractivity contribution is -0.198. The van der Waals surface area contributed by atoms with Crippen molar-refractivity contribution in [2.75, 3.05) is 7.11 Å². The Morgan fingerprint density at radius 1 is 0.833 bits per heavy atom. The molecule has 0 aromatic rings. The third-order valence-electron chi connectivity index (χ3n) is 4.87. The molecule has 0 aliphatic heterocycles. The van der Waals surface area contributed by atoms with Crippen LogP contribution in [0.15, 0.2) is 0 Å². The maximum atomic E-state index is 12.0. The lowest BCUT2D eigenvalue weighted by atomic mass is 9.92. The Labute approximate surface area is 177 Å². The molecule has 174 valence electrons. The molecule has 0 amide bonds. The second-order valence-corrected chi connectivity index (χ2v) is 7.48. The summed E-state index contributed by atoms with van der Waals surface area (Å²) in [6.07, 6.45) is 8.24. The normalized spacial score (nSPS) is 13.8. The third-order valence-corrected chi connectivity index (χ3v) is 4.87. The fourth-order valence-electron chi connectivity index (χ4n) is 3.08. The number of unbranched alkanes of at least 4 members (excludes halogenated alkanes) is 10. The van der Waals surface area contributed by atoms with Gasteiger partial charge in [-0.25, -0.2) is 9.59 Å². The van der Waals surface area contributed by atoms with Crippen molar-refractivity contribution in [3.8, 4) is 0 Å². The molecule has 0 heterocycles. The summed E-state index contributed by atoms with van der Waals surface area (Å²) in [6, 6.07) is 0. The van der Waals surface area contributed by atoms with Gasteiger partial charge in [-0.1, -0.05) is 71.1 Å². The van der Waals surface area contributed by atoms with Crippen molar-refractivity contribution in [3.05, 3.63) is 0 Å². The van der Waals surface area contributed by atoms with E-state index in [1.165, 1.54) is 38.5 Å². The van der Waals surface area contributed by atoms with E-state index in [-0.39, 0.29) is 6.42 Å². The minimum absolute atomic E-state index is 0.0761. The SMILES string of the molecule is CCCCCCCCCCCCCC(=O)OC(C(=O)OC)C(O)(CC(=O)O)C(=O)O. The molecule has 0 aliphatic rings. The van der Waals surface area contributed by atoms with E-state index in [0.717, 1.165) is 32.8 Å². The highest BCUT2D eigenvalue weighted by Gasteiger charge is 2.53. The number of carboxylic acids is 2. The van der Waals surface area contributed by atoms with E-state index < -0.39 is 42.0 Å². The molecule has 9 nitrogen and oxygen atoms in total. The molecule has 0 saturated heterocycles. The van der Waals surface area contributed by atoms with Gasteiger partial charge >= 0.3 is 23.9 Å². The smallest absolute Gasteiger partial charge is 0.350 e. The van der Waals surface area contributed by atoms with Crippen LogP contribution in [0, 0.1) is 0 Å². The van der Waals surface area contributed by atoms with Gasteiger partial charge in [0.2, 0.25) is 11.7 Å². The van der Waals surface area contributed by atoms with Gasteiger partial charge in [-0.3, -0.25) is 9.59 Å². The monoisotopic (exact) mass is 432 g/mol. The van der Waals surface area contributed by atoms with E-state index in [2.05, 4.69) is 11.7 Å². The van der Waals surface area contributed by atoms with Crippen molar-refractivity contribution in [2.45, 2.75) is 102 Å². The lowest BCUT2D eigenvalue weighted by Crippen LogP contribution is -2.56. The van der Waals surface area contributed by atoms with E-state index in [0.29, 0.717) is 6.42 Å². The molecule has 0 radical (unpaired) electrons. The van der Waals surface area contributed by atoms with Crippen LogP contribution < -0.4 is 0 Å². The predicted octanol–water partition coefficient (Wildman–Crippen LogP) is 3.06. The van der Waals surface area contributed by atoms with Crippen LogP contribution in [-0.4, -0.2) is 58.0 Å². The van der Waals surface area contributed by atoms with Crippen molar-refractivity contribution in [1.29, 1.82) is 0 Å². The Kier molecular flexibility index (Phi) is 14.5. The summed E-state index contributed by atoms with van der Waals surface area (Å²) in [5.41, 5.74) is -3.12. The van der Waals surface area contributed by atoms with Crippen LogP contribution in [0.2, 0.25) is 0 Å². The molecule has 9 heteroatoms. The molecule has 2 atom stereocenters. The standard InChI is InChI=1S/C21H36O9/c1-3-4-5-6-7-8-9-10-11-12-13-14-17(24)30-18(19(25)29-2)21(28,20(26)27)15-16(22)23/h18,28H,3-15H2,1-2H3,(H,22,23)(H,26,27). The molecule has 0 aromatic carbocycles. The van der Waals surface area contributed by atoms with Crippen LogP contribution in [-0.2, 0) is 28.7 Å². The predicted molar refractivity (Wildman–Crippen MR) is 108 cm³/mol. The Morgan fingerprint density at radius 3 is 1.70 bits per heavy atom. The van der Waals surface area contributed by atoms with Gasteiger partial charge in [0, 0.05) is 6.42 Å². The quantitative estimate of drug-likeness (QED) is 0.219. The Balaban J connectivity index is 4.35. The largest absolute Gasteiger partial charge is 0.481 e. The number of aliphatic carboxylic acids is 2. The van der Waals surface area contributed by atoms with E-state index in [1.807, 2.05) is 0 Å². The number of esters is 2. The van der Waals surface area contributed by atoms with Gasteiger partial charge in [0.25, 0.3) is 0 Å². The van der Waals surface area contributed by atoms with Crippen molar-refractivity contribution in [2.24, 2.45) is 0 Å². The fourth-order valence-corrected chi connectivity index (χ4v) is 3.08. The molecule has 0 rings (SSSR count). The second kappa shape index (κ2) is 15.6. The minimum Gasteiger partial charge on any atom is -0.481 e. The minimum atomic E-state index is -3.12. The number of carbonyl (C=O) groups excluding carboxylic acids is 2. The van der Waals surface area contributed by atoms with Crippen LogP contribution in [0.1, 0.15) is 90.4 Å². The molecule has 0 bridgehead atoms. The first-order chi connectivity index (χ1) is 14.2. The number of carboxylic acid groups (broad SMARTS) is 2. The molecule has 0 saturated carbocycles. The summed E-state index contributed by atoms with van der Waals surface area (Å²) >= 11 is 0. The van der Waals surface area contributed by atoms with Crippen LogP contribution in [0.4, 0.5) is 0 Å². The third kappa shape index (κ3) is 11.1. The number of rotatable bonds is 18. The molecule has 3 N–H and O–H groups in total. The number of ether oxygens (including phenoxy) is 2. The first kappa shape index (κ1) is 27.8. The van der Waals surface area contributed by atoms with Gasteiger partial charge in [0.05, 0.1) is 13.5 Å². The first-order valence-electron chi connectivity index (χ1n) is 10.6. The van der Waals surface area contributed by atoms with Gasteiger partial charge in [-0.05, 0) is 6.42 Å². The van der Waals surface area contributed by atoms with E-state index in [9.17, 15) is 29.4 Å². The molecule has 2 unspecified atom stereocenters. The summed E-state index contributed by atoms with van der Waals surface area (Å²) < 4.78 is 9.18. The van der Waals surface area contributed by atoms with Crippen molar-refractivity contribution in [1.82, 2.24) is 0 Å². The summed E-state index contributed by atoms with van der Waals surface area (Å²) in [5.74, 6) is -5.90. The molecule has 0 aliphatic carbocycles. The number of carbonyl (C=O) groups is 4. The Morgan fingerprint density at radius 2 is 1.30 bits per heavy atom. The maximum absolute atomic E-state index is 12.0. The van der Waals surface area contributed by atoms with Crippen LogP contribution in [0.25, 0.3) is 0 Å². The maximum Gasteiger partial charge on any atom is 0.350 e. The van der Waals surface area contributed by atoms with E-state index >= 15 is 0 Å². The lowest BCUT2D eigenvalue weighted by Gasteiger charge is -2.28. The molecule has 0 fully saturated rings.